The molecule has 2 aromatic rings. The molecule has 4 nitrogen and oxygen atoms in total. The number of aliphatic hydroxyl groups excluding tert-OH is 1. The Morgan fingerprint density at radius 2 is 1.72 bits per heavy atom. The van der Waals surface area contributed by atoms with Gasteiger partial charge in [0.2, 0.25) is 0 Å². The predicted octanol–water partition coefficient (Wildman–Crippen LogP) is 4.68. The van der Waals surface area contributed by atoms with Crippen LogP contribution in [0.2, 0.25) is 10.0 Å². The summed E-state index contributed by atoms with van der Waals surface area (Å²) in [6.07, 6.45) is 1.13. The number of rotatable bonds is 7. The third kappa shape index (κ3) is 4.47. The summed E-state index contributed by atoms with van der Waals surface area (Å²) >= 11 is 12.0. The van der Waals surface area contributed by atoms with Gasteiger partial charge in [-0.25, -0.2) is 8.42 Å². The van der Waals surface area contributed by atoms with E-state index in [2.05, 4.69) is 6.92 Å². The van der Waals surface area contributed by atoms with E-state index in [1.807, 2.05) is 0 Å². The summed E-state index contributed by atoms with van der Waals surface area (Å²) in [5.41, 5.74) is 0.851. The third-order valence-electron chi connectivity index (χ3n) is 3.85. The van der Waals surface area contributed by atoms with Gasteiger partial charge in [-0.15, -0.1) is 0 Å². The molecule has 0 bridgehead atoms. The number of hydrogen-bond donors (Lipinski definition) is 1. The Hall–Kier alpha value is -1.27. The van der Waals surface area contributed by atoms with Gasteiger partial charge in [-0.05, 0) is 49.7 Å². The van der Waals surface area contributed by atoms with Gasteiger partial charge in [-0.1, -0.05) is 42.6 Å². The van der Waals surface area contributed by atoms with Crippen molar-refractivity contribution in [1.82, 2.24) is 0 Å². The number of hydrogen-bond acceptors (Lipinski definition) is 3. The summed E-state index contributed by atoms with van der Waals surface area (Å²) in [4.78, 5) is 0.122. The zero-order valence-corrected chi connectivity index (χ0v) is 16.2. The lowest BCUT2D eigenvalue weighted by Gasteiger charge is -2.32. The van der Waals surface area contributed by atoms with Crippen molar-refractivity contribution in [2.75, 3.05) is 4.31 Å². The van der Waals surface area contributed by atoms with E-state index >= 15 is 0 Å². The topological polar surface area (TPSA) is 57.6 Å². The van der Waals surface area contributed by atoms with Crippen LogP contribution in [0.5, 0.6) is 0 Å². The molecule has 0 fully saturated rings. The SMILES string of the molecule is [CH2]CC[C@@H](C)N(c1cc(Cl)ccc1CO)S(=O)(=O)c1ccc(Cl)cc1. The highest BCUT2D eigenvalue weighted by atomic mass is 35.5. The van der Waals surface area contributed by atoms with Crippen molar-refractivity contribution in [3.63, 3.8) is 0 Å². The van der Waals surface area contributed by atoms with Gasteiger partial charge in [-0.2, -0.15) is 0 Å². The molecule has 0 aliphatic heterocycles. The fourth-order valence-electron chi connectivity index (χ4n) is 2.61. The Balaban J connectivity index is 2.64. The van der Waals surface area contributed by atoms with Gasteiger partial charge < -0.3 is 5.11 Å². The van der Waals surface area contributed by atoms with Gasteiger partial charge in [0, 0.05) is 21.7 Å². The van der Waals surface area contributed by atoms with Gasteiger partial charge in [0.1, 0.15) is 0 Å². The van der Waals surface area contributed by atoms with Crippen LogP contribution in [0, 0.1) is 6.92 Å². The fourth-order valence-corrected chi connectivity index (χ4v) is 4.62. The standard InChI is InChI=1S/C18H20Cl2NO3S/c1-3-4-13(2)21(18-11-16(20)6-5-14(18)12-22)25(23,24)17-9-7-15(19)8-10-17/h5-11,13,22H,1,3-4,12H2,2H3/t13-/m1/s1. The van der Waals surface area contributed by atoms with Crippen molar-refractivity contribution in [1.29, 1.82) is 0 Å². The van der Waals surface area contributed by atoms with Crippen LogP contribution in [0.25, 0.3) is 0 Å². The second kappa shape index (κ2) is 8.41. The largest absolute Gasteiger partial charge is 0.392 e. The normalized spacial score (nSPS) is 12.8. The molecule has 1 N–H and O–H groups in total. The maximum absolute atomic E-state index is 13.3. The smallest absolute Gasteiger partial charge is 0.264 e. The van der Waals surface area contributed by atoms with Crippen LogP contribution >= 0.6 is 23.2 Å². The minimum Gasteiger partial charge on any atom is -0.392 e. The molecule has 0 aliphatic carbocycles. The van der Waals surface area contributed by atoms with Crippen LogP contribution in [0.1, 0.15) is 25.3 Å². The summed E-state index contributed by atoms with van der Waals surface area (Å²) < 4.78 is 27.9. The molecular formula is C18H20Cl2NO3S. The molecule has 0 aliphatic rings. The molecular weight excluding hydrogens is 381 g/mol. The van der Waals surface area contributed by atoms with Crippen molar-refractivity contribution in [2.24, 2.45) is 0 Å². The van der Waals surface area contributed by atoms with E-state index in [1.165, 1.54) is 28.6 Å². The number of benzene rings is 2. The number of halogens is 2. The Morgan fingerprint density at radius 1 is 1.12 bits per heavy atom. The first-order chi connectivity index (χ1) is 11.8. The highest BCUT2D eigenvalue weighted by Crippen LogP contribution is 2.33. The van der Waals surface area contributed by atoms with Gasteiger partial charge in [0.15, 0.2) is 0 Å². The maximum atomic E-state index is 13.3. The van der Waals surface area contributed by atoms with E-state index in [0.29, 0.717) is 34.1 Å². The van der Waals surface area contributed by atoms with Gasteiger partial charge in [0.05, 0.1) is 17.2 Å². The van der Waals surface area contributed by atoms with Crippen molar-refractivity contribution >= 4 is 38.9 Å². The predicted molar refractivity (Wildman–Crippen MR) is 103 cm³/mol. The number of aliphatic hydroxyl groups is 1. The van der Waals surface area contributed by atoms with Crippen molar-refractivity contribution in [2.45, 2.75) is 37.3 Å². The molecule has 0 aromatic heterocycles. The second-order valence-corrected chi connectivity index (χ2v) is 8.36. The molecule has 2 rings (SSSR count). The monoisotopic (exact) mass is 400 g/mol. The van der Waals surface area contributed by atoms with Crippen LogP contribution in [-0.2, 0) is 16.6 Å². The minimum atomic E-state index is -3.86. The molecule has 0 spiro atoms. The summed E-state index contributed by atoms with van der Waals surface area (Å²) in [7, 11) is -3.86. The molecule has 0 saturated heterocycles. The zero-order chi connectivity index (χ0) is 18.6. The lowest BCUT2D eigenvalue weighted by Crippen LogP contribution is -2.39. The summed E-state index contributed by atoms with van der Waals surface area (Å²) in [5, 5.41) is 10.5. The first-order valence-corrected chi connectivity index (χ1v) is 9.99. The Morgan fingerprint density at radius 3 is 2.28 bits per heavy atom. The molecule has 25 heavy (non-hydrogen) atoms. The molecule has 0 saturated carbocycles. The highest BCUT2D eigenvalue weighted by molar-refractivity contribution is 7.92. The van der Waals surface area contributed by atoms with Gasteiger partial charge >= 0.3 is 0 Å². The molecule has 0 heterocycles. The average Bonchev–Trinajstić information content (AvgIpc) is 2.55. The second-order valence-electron chi connectivity index (χ2n) is 5.68. The summed E-state index contributed by atoms with van der Waals surface area (Å²) in [6, 6.07) is 10.4. The van der Waals surface area contributed by atoms with E-state index in [4.69, 9.17) is 23.2 Å². The van der Waals surface area contributed by atoms with Crippen molar-refractivity contribution in [3.05, 3.63) is 65.0 Å². The van der Waals surface area contributed by atoms with Crippen LogP contribution < -0.4 is 4.31 Å². The third-order valence-corrected chi connectivity index (χ3v) is 6.28. The molecule has 1 atom stereocenters. The first kappa shape index (κ1) is 20.0. The van der Waals surface area contributed by atoms with Crippen LogP contribution in [0.4, 0.5) is 5.69 Å². The summed E-state index contributed by atoms with van der Waals surface area (Å²) in [5.74, 6) is 0. The maximum Gasteiger partial charge on any atom is 0.264 e. The van der Waals surface area contributed by atoms with E-state index in [-0.39, 0.29) is 17.5 Å². The fraction of sp³-hybridized carbons (Fsp3) is 0.278. The summed E-state index contributed by atoms with van der Waals surface area (Å²) in [6.45, 7) is 5.32. The molecule has 0 unspecified atom stereocenters. The van der Waals surface area contributed by atoms with E-state index in [1.54, 1.807) is 25.1 Å². The van der Waals surface area contributed by atoms with Crippen LogP contribution in [-0.4, -0.2) is 19.6 Å². The Bertz CT molecular complexity index is 823. The first-order valence-electron chi connectivity index (χ1n) is 7.79. The Labute approximate surface area is 159 Å². The lowest BCUT2D eigenvalue weighted by atomic mass is 10.1. The number of sulfonamides is 1. The lowest BCUT2D eigenvalue weighted by molar-refractivity contribution is 0.282. The number of anilines is 1. The van der Waals surface area contributed by atoms with Crippen molar-refractivity contribution in [3.8, 4) is 0 Å². The van der Waals surface area contributed by atoms with Crippen LogP contribution in [0.3, 0.4) is 0 Å². The molecule has 1 radical (unpaired) electrons. The van der Waals surface area contributed by atoms with Gasteiger partial charge in [-0.3, -0.25) is 4.31 Å². The quantitative estimate of drug-likeness (QED) is 0.733. The highest BCUT2D eigenvalue weighted by Gasteiger charge is 2.30. The van der Waals surface area contributed by atoms with E-state index in [0.717, 1.165) is 0 Å². The average molecular weight is 401 g/mol. The molecule has 2 aromatic carbocycles. The minimum absolute atomic E-state index is 0.122. The molecule has 7 heteroatoms. The van der Waals surface area contributed by atoms with E-state index < -0.39 is 10.0 Å². The number of nitrogens with zero attached hydrogens (tertiary/aromatic N) is 1. The molecule has 0 amide bonds. The van der Waals surface area contributed by atoms with Crippen molar-refractivity contribution < 1.29 is 13.5 Å². The molecule has 135 valence electrons. The zero-order valence-electron chi connectivity index (χ0n) is 13.8. The Kier molecular flexibility index (Phi) is 6.74. The van der Waals surface area contributed by atoms with Crippen LogP contribution in [0.15, 0.2) is 47.4 Å². The van der Waals surface area contributed by atoms with Gasteiger partial charge in [0.25, 0.3) is 10.0 Å². The van der Waals surface area contributed by atoms with E-state index in [9.17, 15) is 13.5 Å².